The molecule has 3 N–H and O–H groups in total. The Morgan fingerprint density at radius 3 is 2.57 bits per heavy atom. The summed E-state index contributed by atoms with van der Waals surface area (Å²) in [6, 6.07) is 13.9. The molecule has 0 saturated carbocycles. The maximum atomic E-state index is 13.2. The summed E-state index contributed by atoms with van der Waals surface area (Å²) >= 11 is 3.22. The van der Waals surface area contributed by atoms with E-state index in [1.165, 1.54) is 11.8 Å². The van der Waals surface area contributed by atoms with Gasteiger partial charge < -0.3 is 20.5 Å². The number of nitrogens with one attached hydrogen (secondary N) is 2. The molecule has 200 valence electrons. The first-order valence-corrected chi connectivity index (χ1v) is 14.7. The molecule has 2 atom stereocenters. The molecule has 0 spiro atoms. The van der Waals surface area contributed by atoms with Crippen molar-refractivity contribution in [1.82, 2.24) is 10.2 Å². The third-order valence-electron chi connectivity index (χ3n) is 5.71. The summed E-state index contributed by atoms with van der Waals surface area (Å²) < 4.78 is 5.55. The first-order chi connectivity index (χ1) is 17.6. The largest absolute Gasteiger partial charge is 0.480 e. The van der Waals surface area contributed by atoms with Crippen molar-refractivity contribution in [3.05, 3.63) is 54.1 Å². The maximum absolute atomic E-state index is 13.2. The molecule has 3 rings (SSSR count). The molecule has 1 aliphatic rings. The Kier molecular flexibility index (Phi) is 10.2. The van der Waals surface area contributed by atoms with E-state index in [0.717, 1.165) is 17.0 Å². The quantitative estimate of drug-likeness (QED) is 0.382. The Bertz CT molecular complexity index is 1090. The Hall–Kier alpha value is -2.85. The molecular weight excluding hydrogens is 510 g/mol. The molecule has 2 amide bonds. The number of hydrogen-bond donors (Lipinski definition) is 3. The molecule has 0 radical (unpaired) electrons. The van der Waals surface area contributed by atoms with Crippen LogP contribution in [0, 0.1) is 0 Å². The fourth-order valence-electron chi connectivity index (χ4n) is 3.85. The van der Waals surface area contributed by atoms with E-state index in [2.05, 4.69) is 10.6 Å². The second-order valence-corrected chi connectivity index (χ2v) is 11.7. The number of aliphatic carboxylic acids is 1. The summed E-state index contributed by atoms with van der Waals surface area (Å²) in [6.45, 7) is 6.09. The molecule has 1 fully saturated rings. The van der Waals surface area contributed by atoms with Crippen LogP contribution in [0.15, 0.2) is 48.5 Å². The number of hydrogen-bond acceptors (Lipinski definition) is 7. The number of benzene rings is 2. The van der Waals surface area contributed by atoms with Crippen LogP contribution in [0.5, 0.6) is 0 Å². The third-order valence-corrected chi connectivity index (χ3v) is 7.44. The molecule has 1 heterocycles. The van der Waals surface area contributed by atoms with Gasteiger partial charge in [0.2, 0.25) is 0 Å². The van der Waals surface area contributed by atoms with Crippen molar-refractivity contribution in [2.45, 2.75) is 44.9 Å². The molecule has 8 nitrogen and oxygen atoms in total. The van der Waals surface area contributed by atoms with Gasteiger partial charge in [-0.25, -0.2) is 9.59 Å². The van der Waals surface area contributed by atoms with Crippen LogP contribution in [0.3, 0.4) is 0 Å². The minimum absolute atomic E-state index is 0.0317. The summed E-state index contributed by atoms with van der Waals surface area (Å²) in [6.07, 6.45) is 1.92. The number of carbonyl (C=O) groups excluding carboxylic acids is 2. The van der Waals surface area contributed by atoms with Crippen LogP contribution >= 0.6 is 23.5 Å². The number of amides is 2. The van der Waals surface area contributed by atoms with Gasteiger partial charge in [0.25, 0.3) is 5.91 Å². The molecule has 0 aliphatic carbocycles. The molecule has 10 heteroatoms. The average molecular weight is 546 g/mol. The lowest BCUT2D eigenvalue weighted by Gasteiger charge is -2.28. The van der Waals surface area contributed by atoms with Gasteiger partial charge in [0.05, 0.1) is 11.9 Å². The molecular formula is C27H35N3O5S2. The van der Waals surface area contributed by atoms with Crippen LogP contribution < -0.4 is 10.6 Å². The normalized spacial score (nSPS) is 16.2. The van der Waals surface area contributed by atoms with E-state index in [1.54, 1.807) is 28.8 Å². The number of thioether (sulfide) groups is 2. The lowest BCUT2D eigenvalue weighted by Crippen LogP contribution is -2.43. The van der Waals surface area contributed by atoms with Crippen LogP contribution in [-0.2, 0) is 9.53 Å². The predicted octanol–water partition coefficient (Wildman–Crippen LogP) is 5.01. The summed E-state index contributed by atoms with van der Waals surface area (Å²) in [5.41, 5.74) is 2.19. The van der Waals surface area contributed by atoms with Gasteiger partial charge in [0.1, 0.15) is 11.6 Å². The van der Waals surface area contributed by atoms with E-state index in [0.29, 0.717) is 35.7 Å². The minimum atomic E-state index is -1.05. The maximum Gasteiger partial charge on any atom is 0.411 e. The van der Waals surface area contributed by atoms with E-state index in [1.807, 2.05) is 63.4 Å². The van der Waals surface area contributed by atoms with Crippen molar-refractivity contribution in [3.63, 3.8) is 0 Å². The Balaban J connectivity index is 1.79. The molecule has 2 aromatic rings. The van der Waals surface area contributed by atoms with Crippen LogP contribution in [0.25, 0.3) is 11.1 Å². The zero-order valence-corrected chi connectivity index (χ0v) is 23.3. The fourth-order valence-corrected chi connectivity index (χ4v) is 5.51. The van der Waals surface area contributed by atoms with Crippen molar-refractivity contribution in [2.75, 3.05) is 35.5 Å². The summed E-state index contributed by atoms with van der Waals surface area (Å²) in [5, 5.41) is 15.6. The number of carboxylic acids is 1. The standard InChI is InChI=1S/C27H35N3O5S2/c1-27(2,3)35-26(34)30-17-37-16-20(30)15-28-19-10-11-21(22(14-19)18-8-6-5-7-9-18)24(31)29-23(25(32)33)12-13-36-4/h5-11,14,20,23,28H,12-13,15-17H2,1-4H3,(H,29,31)(H,32,33)/t20-,23+/m1/s1. The average Bonchev–Trinajstić information content (AvgIpc) is 3.33. The second kappa shape index (κ2) is 13.1. The topological polar surface area (TPSA) is 108 Å². The highest BCUT2D eigenvalue weighted by atomic mass is 32.2. The van der Waals surface area contributed by atoms with Crippen molar-refractivity contribution < 1.29 is 24.2 Å². The van der Waals surface area contributed by atoms with Crippen molar-refractivity contribution in [2.24, 2.45) is 0 Å². The Labute approximate surface area is 226 Å². The summed E-state index contributed by atoms with van der Waals surface area (Å²) in [4.78, 5) is 39.2. The zero-order chi connectivity index (χ0) is 27.0. The molecule has 1 saturated heterocycles. The number of ether oxygens (including phenoxy) is 1. The lowest BCUT2D eigenvalue weighted by molar-refractivity contribution is -0.139. The predicted molar refractivity (Wildman–Crippen MR) is 151 cm³/mol. The molecule has 37 heavy (non-hydrogen) atoms. The van der Waals surface area contributed by atoms with E-state index >= 15 is 0 Å². The molecule has 0 unspecified atom stereocenters. The third kappa shape index (κ3) is 8.33. The number of rotatable bonds is 10. The van der Waals surface area contributed by atoms with Crippen LogP contribution in [-0.4, -0.2) is 75.8 Å². The SMILES string of the molecule is CSCC[C@H](NC(=O)c1ccc(NC[C@@H]2CSCN2C(=O)OC(C)(C)C)cc1-c1ccccc1)C(=O)O. The first-order valence-electron chi connectivity index (χ1n) is 12.1. The van der Waals surface area contributed by atoms with E-state index < -0.39 is 23.5 Å². The highest BCUT2D eigenvalue weighted by molar-refractivity contribution is 7.99. The van der Waals surface area contributed by atoms with E-state index in [-0.39, 0.29) is 12.1 Å². The minimum Gasteiger partial charge on any atom is -0.480 e. The number of carbonyl (C=O) groups is 3. The van der Waals surface area contributed by atoms with Gasteiger partial charge in [-0.1, -0.05) is 30.3 Å². The highest BCUT2D eigenvalue weighted by Gasteiger charge is 2.32. The smallest absolute Gasteiger partial charge is 0.411 e. The van der Waals surface area contributed by atoms with E-state index in [9.17, 15) is 19.5 Å². The molecule has 0 aromatic heterocycles. The van der Waals surface area contributed by atoms with Gasteiger partial charge in [0, 0.05) is 23.5 Å². The van der Waals surface area contributed by atoms with Gasteiger partial charge in [-0.05, 0) is 68.5 Å². The van der Waals surface area contributed by atoms with Crippen molar-refractivity contribution in [1.29, 1.82) is 0 Å². The van der Waals surface area contributed by atoms with Crippen LogP contribution in [0.2, 0.25) is 0 Å². The first kappa shape index (κ1) is 28.7. The fraction of sp³-hybridized carbons (Fsp3) is 0.444. The second-order valence-electron chi connectivity index (χ2n) is 9.76. The molecule has 0 bridgehead atoms. The van der Waals surface area contributed by atoms with E-state index in [4.69, 9.17) is 4.74 Å². The van der Waals surface area contributed by atoms with Crippen LogP contribution in [0.1, 0.15) is 37.6 Å². The van der Waals surface area contributed by atoms with Gasteiger partial charge in [-0.2, -0.15) is 11.8 Å². The molecule has 2 aromatic carbocycles. The monoisotopic (exact) mass is 545 g/mol. The molecule has 1 aliphatic heterocycles. The van der Waals surface area contributed by atoms with Gasteiger partial charge in [-0.15, -0.1) is 11.8 Å². The Morgan fingerprint density at radius 1 is 1.19 bits per heavy atom. The van der Waals surface area contributed by atoms with Gasteiger partial charge >= 0.3 is 12.1 Å². The van der Waals surface area contributed by atoms with Crippen LogP contribution in [0.4, 0.5) is 10.5 Å². The zero-order valence-electron chi connectivity index (χ0n) is 21.7. The highest BCUT2D eigenvalue weighted by Crippen LogP contribution is 2.29. The number of carboxylic acid groups (broad SMARTS) is 1. The van der Waals surface area contributed by atoms with Crippen molar-refractivity contribution >= 4 is 47.2 Å². The van der Waals surface area contributed by atoms with Crippen molar-refractivity contribution in [3.8, 4) is 11.1 Å². The number of nitrogens with zero attached hydrogens (tertiary/aromatic N) is 1. The summed E-state index contributed by atoms with van der Waals surface area (Å²) in [5.74, 6) is 0.529. The lowest BCUT2D eigenvalue weighted by atomic mass is 9.98. The Morgan fingerprint density at radius 2 is 1.92 bits per heavy atom. The number of anilines is 1. The summed E-state index contributed by atoms with van der Waals surface area (Å²) in [7, 11) is 0. The van der Waals surface area contributed by atoms with Gasteiger partial charge in [-0.3, -0.25) is 9.69 Å². The van der Waals surface area contributed by atoms with Gasteiger partial charge in [0.15, 0.2) is 0 Å².